The lowest BCUT2D eigenvalue weighted by Crippen LogP contribution is -2.20. The topological polar surface area (TPSA) is 85.5 Å². The van der Waals surface area contributed by atoms with Crippen molar-refractivity contribution in [1.29, 1.82) is 0 Å². The average Bonchev–Trinajstić information content (AvgIpc) is 3.20. The van der Waals surface area contributed by atoms with Crippen molar-refractivity contribution in [2.75, 3.05) is 12.4 Å². The van der Waals surface area contributed by atoms with E-state index in [9.17, 15) is 9.90 Å². The van der Waals surface area contributed by atoms with E-state index in [1.807, 2.05) is 6.92 Å². The van der Waals surface area contributed by atoms with Gasteiger partial charge in [0.1, 0.15) is 12.4 Å². The van der Waals surface area contributed by atoms with E-state index in [1.165, 1.54) is 11.8 Å². The Kier molecular flexibility index (Phi) is 7.08. The molecule has 1 aromatic heterocycles. The van der Waals surface area contributed by atoms with Gasteiger partial charge in [-0.15, -0.1) is 10.2 Å². The monoisotopic (exact) mass is 418 g/mol. The molecule has 0 unspecified atom stereocenters. The zero-order valence-corrected chi connectivity index (χ0v) is 16.7. The highest BCUT2D eigenvalue weighted by atomic mass is 35.5. The van der Waals surface area contributed by atoms with Gasteiger partial charge < -0.3 is 14.3 Å². The van der Waals surface area contributed by atoms with Gasteiger partial charge >= 0.3 is 0 Å². The van der Waals surface area contributed by atoms with E-state index < -0.39 is 6.10 Å². The first-order chi connectivity index (χ1) is 13.5. The number of rotatable bonds is 9. The summed E-state index contributed by atoms with van der Waals surface area (Å²) in [7, 11) is 0. The Morgan fingerprint density at radius 1 is 1.18 bits per heavy atom. The highest BCUT2D eigenvalue weighted by molar-refractivity contribution is 7.99. The normalized spacial score (nSPS) is 12.0. The molecule has 8 heteroatoms. The van der Waals surface area contributed by atoms with Crippen molar-refractivity contribution in [2.24, 2.45) is 0 Å². The Morgan fingerprint density at radius 3 is 2.57 bits per heavy atom. The van der Waals surface area contributed by atoms with Gasteiger partial charge in [-0.05, 0) is 48.5 Å². The molecule has 6 nitrogen and oxygen atoms in total. The van der Waals surface area contributed by atoms with E-state index in [4.69, 9.17) is 20.8 Å². The van der Waals surface area contributed by atoms with Crippen molar-refractivity contribution < 1.29 is 19.1 Å². The molecule has 3 aromatic rings. The van der Waals surface area contributed by atoms with Crippen LogP contribution in [0.2, 0.25) is 5.02 Å². The molecule has 0 aliphatic heterocycles. The number of halogens is 1. The Bertz CT molecular complexity index is 913. The van der Waals surface area contributed by atoms with Gasteiger partial charge in [-0.1, -0.05) is 30.3 Å². The second-order valence-corrected chi connectivity index (χ2v) is 7.36. The summed E-state index contributed by atoms with van der Waals surface area (Å²) in [6, 6.07) is 14.0. The zero-order valence-electron chi connectivity index (χ0n) is 15.2. The molecule has 1 heterocycles. The van der Waals surface area contributed by atoms with E-state index in [2.05, 4.69) is 10.2 Å². The molecular weight excluding hydrogens is 400 g/mol. The number of aliphatic hydroxyl groups excluding tert-OH is 1. The third-order valence-corrected chi connectivity index (χ3v) is 5.05. The van der Waals surface area contributed by atoms with Crippen LogP contribution < -0.4 is 4.74 Å². The van der Waals surface area contributed by atoms with Crippen molar-refractivity contribution in [3.05, 3.63) is 59.1 Å². The van der Waals surface area contributed by atoms with Gasteiger partial charge in [-0.2, -0.15) is 0 Å². The number of hydrogen-bond donors (Lipinski definition) is 1. The first kappa shape index (κ1) is 20.4. The van der Waals surface area contributed by atoms with Gasteiger partial charge in [-0.3, -0.25) is 4.79 Å². The summed E-state index contributed by atoms with van der Waals surface area (Å²) in [6.07, 6.45) is -0.251. The molecule has 1 N–H and O–H groups in total. The predicted octanol–water partition coefficient (Wildman–Crippen LogP) is 4.51. The first-order valence-electron chi connectivity index (χ1n) is 8.71. The standard InChI is InChI=1S/C20H19ClN2O4S/c1-2-18(25)13-5-9-17(10-6-13)26-11-16(24)12-28-20-23-22-19(27-20)14-3-7-15(21)8-4-14/h3-10,16,24H,2,11-12H2,1H3/t16-/m1/s1. The molecular formula is C20H19ClN2O4S. The average molecular weight is 419 g/mol. The fourth-order valence-corrected chi connectivity index (χ4v) is 3.12. The molecule has 1 atom stereocenters. The quantitative estimate of drug-likeness (QED) is 0.404. The van der Waals surface area contributed by atoms with Crippen LogP contribution >= 0.6 is 23.4 Å². The maximum atomic E-state index is 11.6. The summed E-state index contributed by atoms with van der Waals surface area (Å²) in [6.45, 7) is 1.94. The summed E-state index contributed by atoms with van der Waals surface area (Å²) in [4.78, 5) is 11.6. The third kappa shape index (κ3) is 5.58. The van der Waals surface area contributed by atoms with Crippen LogP contribution in [-0.4, -0.2) is 39.6 Å². The van der Waals surface area contributed by atoms with Crippen LogP contribution in [0.4, 0.5) is 0 Å². The minimum Gasteiger partial charge on any atom is -0.491 e. The molecule has 0 radical (unpaired) electrons. The van der Waals surface area contributed by atoms with Gasteiger partial charge in [-0.25, -0.2) is 0 Å². The van der Waals surface area contributed by atoms with E-state index in [0.717, 1.165) is 5.56 Å². The molecule has 0 amide bonds. The Morgan fingerprint density at radius 2 is 1.89 bits per heavy atom. The summed E-state index contributed by atoms with van der Waals surface area (Å²) >= 11 is 7.12. The van der Waals surface area contributed by atoms with Crippen molar-refractivity contribution in [2.45, 2.75) is 24.7 Å². The van der Waals surface area contributed by atoms with E-state index in [0.29, 0.717) is 39.6 Å². The second kappa shape index (κ2) is 9.73. The van der Waals surface area contributed by atoms with Crippen LogP contribution in [0.15, 0.2) is 58.2 Å². The molecule has 0 bridgehead atoms. The number of hydrogen-bond acceptors (Lipinski definition) is 7. The fraction of sp³-hybridized carbons (Fsp3) is 0.250. The largest absolute Gasteiger partial charge is 0.491 e. The lowest BCUT2D eigenvalue weighted by molar-refractivity contribution is 0.0987. The smallest absolute Gasteiger partial charge is 0.276 e. The van der Waals surface area contributed by atoms with Gasteiger partial charge in [0.15, 0.2) is 5.78 Å². The Balaban J connectivity index is 1.46. The number of thioether (sulfide) groups is 1. The number of Topliss-reactive ketones (excluding diaryl/α,β-unsaturated/α-hetero) is 1. The maximum Gasteiger partial charge on any atom is 0.276 e. The minimum absolute atomic E-state index is 0.0838. The molecule has 28 heavy (non-hydrogen) atoms. The van der Waals surface area contributed by atoms with Crippen LogP contribution in [0.1, 0.15) is 23.7 Å². The van der Waals surface area contributed by atoms with Crippen LogP contribution in [0.3, 0.4) is 0 Å². The lowest BCUT2D eigenvalue weighted by atomic mass is 10.1. The first-order valence-corrected chi connectivity index (χ1v) is 10.1. The van der Waals surface area contributed by atoms with Crippen LogP contribution in [0, 0.1) is 0 Å². The fourth-order valence-electron chi connectivity index (χ4n) is 2.33. The number of benzene rings is 2. The SMILES string of the molecule is CCC(=O)c1ccc(OC[C@@H](O)CSc2nnc(-c3ccc(Cl)cc3)o2)cc1. The number of nitrogens with zero attached hydrogens (tertiary/aromatic N) is 2. The van der Waals surface area contributed by atoms with Crippen LogP contribution in [0.5, 0.6) is 5.75 Å². The summed E-state index contributed by atoms with van der Waals surface area (Å²) < 4.78 is 11.1. The number of carbonyl (C=O) groups is 1. The summed E-state index contributed by atoms with van der Waals surface area (Å²) in [5, 5.41) is 19.1. The lowest BCUT2D eigenvalue weighted by Gasteiger charge is -2.11. The molecule has 0 aliphatic rings. The highest BCUT2D eigenvalue weighted by Gasteiger charge is 2.13. The number of carbonyl (C=O) groups excluding carboxylic acids is 1. The molecule has 3 rings (SSSR count). The maximum absolute atomic E-state index is 11.6. The zero-order chi connectivity index (χ0) is 19.9. The molecule has 2 aromatic carbocycles. The van der Waals surface area contributed by atoms with Crippen molar-refractivity contribution in [1.82, 2.24) is 10.2 Å². The Labute approximate surface area is 171 Å². The third-order valence-electron chi connectivity index (χ3n) is 3.84. The summed E-state index contributed by atoms with van der Waals surface area (Å²) in [5.41, 5.74) is 1.43. The van der Waals surface area contributed by atoms with Gasteiger partial charge in [0.25, 0.3) is 5.22 Å². The van der Waals surface area contributed by atoms with Crippen LogP contribution in [-0.2, 0) is 0 Å². The van der Waals surface area contributed by atoms with E-state index >= 15 is 0 Å². The molecule has 0 aliphatic carbocycles. The van der Waals surface area contributed by atoms with E-state index in [1.54, 1.807) is 48.5 Å². The molecule has 146 valence electrons. The van der Waals surface area contributed by atoms with Crippen molar-refractivity contribution in [3.8, 4) is 17.2 Å². The van der Waals surface area contributed by atoms with Gasteiger partial charge in [0.2, 0.25) is 5.89 Å². The highest BCUT2D eigenvalue weighted by Crippen LogP contribution is 2.25. The van der Waals surface area contributed by atoms with Gasteiger partial charge in [0.05, 0.1) is 6.10 Å². The number of ether oxygens (including phenoxy) is 1. The van der Waals surface area contributed by atoms with Gasteiger partial charge in [0, 0.05) is 28.3 Å². The minimum atomic E-state index is -0.715. The predicted molar refractivity (Wildman–Crippen MR) is 108 cm³/mol. The Hall–Kier alpha value is -2.35. The molecule has 0 spiro atoms. The van der Waals surface area contributed by atoms with Crippen molar-refractivity contribution >= 4 is 29.1 Å². The second-order valence-electron chi connectivity index (χ2n) is 5.96. The van der Waals surface area contributed by atoms with Crippen molar-refractivity contribution in [3.63, 3.8) is 0 Å². The van der Waals surface area contributed by atoms with Crippen LogP contribution in [0.25, 0.3) is 11.5 Å². The number of ketones is 1. The molecule has 0 saturated heterocycles. The summed E-state index contributed by atoms with van der Waals surface area (Å²) in [5.74, 6) is 1.42. The van der Waals surface area contributed by atoms with E-state index in [-0.39, 0.29) is 12.4 Å². The number of aromatic nitrogens is 2. The molecule has 0 saturated carbocycles. The number of aliphatic hydroxyl groups is 1. The molecule has 0 fully saturated rings.